The fraction of sp³-hybridized carbons (Fsp3) is 0.188. The van der Waals surface area contributed by atoms with Crippen molar-refractivity contribution in [1.29, 1.82) is 0 Å². The number of halogens is 5. The van der Waals surface area contributed by atoms with Gasteiger partial charge in [-0.15, -0.1) is 0 Å². The molecule has 0 heterocycles. The van der Waals surface area contributed by atoms with Gasteiger partial charge in [-0.3, -0.25) is 4.90 Å². The summed E-state index contributed by atoms with van der Waals surface area (Å²) in [6.45, 7) is 1.35. The van der Waals surface area contributed by atoms with Gasteiger partial charge in [-0.25, -0.2) is 9.18 Å². The van der Waals surface area contributed by atoms with Crippen molar-refractivity contribution >= 4 is 23.4 Å². The monoisotopic (exact) mass is 361 g/mol. The van der Waals surface area contributed by atoms with E-state index in [9.17, 15) is 22.4 Å². The number of benzene rings is 2. The van der Waals surface area contributed by atoms with Crippen LogP contribution in [0.25, 0.3) is 0 Å². The highest BCUT2D eigenvalue weighted by Crippen LogP contribution is 2.40. The molecule has 0 saturated carbocycles. The molecule has 1 amide bonds. The first-order valence-corrected chi connectivity index (χ1v) is 7.06. The van der Waals surface area contributed by atoms with E-state index in [1.807, 2.05) is 0 Å². The van der Waals surface area contributed by atoms with Crippen LogP contribution in [0.4, 0.5) is 28.0 Å². The topological polar surface area (TPSA) is 29.5 Å². The van der Waals surface area contributed by atoms with E-state index in [1.54, 1.807) is 0 Å². The number of aryl methyl sites for hydroxylation is 1. The first-order valence-electron chi connectivity index (χ1n) is 6.68. The van der Waals surface area contributed by atoms with Gasteiger partial charge < -0.3 is 4.74 Å². The number of alkyl halides is 3. The van der Waals surface area contributed by atoms with E-state index in [2.05, 4.69) is 0 Å². The van der Waals surface area contributed by atoms with Gasteiger partial charge in [0.2, 0.25) is 0 Å². The molecule has 0 aliphatic rings. The van der Waals surface area contributed by atoms with Gasteiger partial charge in [-0.1, -0.05) is 11.6 Å². The number of hydrogen-bond donors (Lipinski definition) is 0. The Bertz CT molecular complexity index is 760. The molecular weight excluding hydrogens is 350 g/mol. The van der Waals surface area contributed by atoms with Crippen molar-refractivity contribution in [3.63, 3.8) is 0 Å². The van der Waals surface area contributed by atoms with Gasteiger partial charge in [0.25, 0.3) is 0 Å². The number of carbonyl (C=O) groups excluding carboxylic acids is 1. The van der Waals surface area contributed by atoms with Crippen molar-refractivity contribution < 1.29 is 27.1 Å². The predicted molar refractivity (Wildman–Crippen MR) is 82.0 cm³/mol. The Morgan fingerprint density at radius 2 is 1.75 bits per heavy atom. The number of carbonyl (C=O) groups is 1. The molecule has 2 aromatic carbocycles. The highest BCUT2D eigenvalue weighted by molar-refractivity contribution is 6.30. The van der Waals surface area contributed by atoms with Crippen LogP contribution >= 0.6 is 11.6 Å². The SMILES string of the molecule is Cc1cc(Cl)cc(C(F)(F)F)c1OC(=O)N(C)c1ccc(F)cc1. The second-order valence-electron chi connectivity index (χ2n) is 5.00. The van der Waals surface area contributed by atoms with E-state index in [0.29, 0.717) is 6.07 Å². The molecule has 3 nitrogen and oxygen atoms in total. The molecule has 8 heteroatoms. The summed E-state index contributed by atoms with van der Waals surface area (Å²) in [4.78, 5) is 13.1. The number of rotatable bonds is 2. The van der Waals surface area contributed by atoms with Crippen molar-refractivity contribution in [2.45, 2.75) is 13.1 Å². The normalized spacial score (nSPS) is 11.3. The van der Waals surface area contributed by atoms with Crippen LogP contribution in [-0.4, -0.2) is 13.1 Å². The van der Waals surface area contributed by atoms with E-state index in [4.69, 9.17) is 16.3 Å². The molecular formula is C16H12ClF4NO2. The summed E-state index contributed by atoms with van der Waals surface area (Å²) in [7, 11) is 1.30. The Kier molecular flexibility index (Phi) is 5.03. The molecule has 0 atom stereocenters. The molecule has 0 spiro atoms. The number of nitrogens with zero attached hydrogens (tertiary/aromatic N) is 1. The minimum absolute atomic E-state index is 0.0654. The second-order valence-corrected chi connectivity index (χ2v) is 5.44. The first kappa shape index (κ1) is 18.1. The van der Waals surface area contributed by atoms with E-state index in [1.165, 1.54) is 32.2 Å². The maximum atomic E-state index is 13.1. The molecule has 2 rings (SSSR count). The quantitative estimate of drug-likeness (QED) is 0.666. The Balaban J connectivity index is 2.33. The van der Waals surface area contributed by atoms with Crippen molar-refractivity contribution in [1.82, 2.24) is 0 Å². The van der Waals surface area contributed by atoms with E-state index < -0.39 is 29.4 Å². The zero-order valence-corrected chi connectivity index (χ0v) is 13.4. The predicted octanol–water partition coefficient (Wildman–Crippen LogP) is 5.44. The molecule has 0 bridgehead atoms. The minimum atomic E-state index is -4.74. The lowest BCUT2D eigenvalue weighted by molar-refractivity contribution is -0.138. The molecule has 24 heavy (non-hydrogen) atoms. The van der Waals surface area contributed by atoms with Crippen LogP contribution in [0.5, 0.6) is 5.75 Å². The van der Waals surface area contributed by atoms with Gasteiger partial charge in [0.05, 0.1) is 0 Å². The molecule has 0 unspecified atom stereocenters. The fourth-order valence-corrected chi connectivity index (χ4v) is 2.27. The summed E-state index contributed by atoms with van der Waals surface area (Å²) in [6.07, 6.45) is -5.78. The van der Waals surface area contributed by atoms with Crippen molar-refractivity contribution in [2.24, 2.45) is 0 Å². The summed E-state index contributed by atoms with van der Waals surface area (Å²) in [5.41, 5.74) is -0.814. The highest BCUT2D eigenvalue weighted by atomic mass is 35.5. The third-order valence-electron chi connectivity index (χ3n) is 3.22. The standard InChI is InChI=1S/C16H12ClF4NO2/c1-9-7-10(17)8-13(16(19,20)21)14(9)24-15(23)22(2)12-5-3-11(18)4-6-12/h3-8H,1-2H3. The van der Waals surface area contributed by atoms with Gasteiger partial charge in [0.15, 0.2) is 0 Å². The maximum absolute atomic E-state index is 13.1. The van der Waals surface area contributed by atoms with Crippen LogP contribution in [0, 0.1) is 12.7 Å². The highest BCUT2D eigenvalue weighted by Gasteiger charge is 2.36. The Morgan fingerprint density at radius 1 is 1.17 bits per heavy atom. The van der Waals surface area contributed by atoms with Crippen LogP contribution in [0.1, 0.15) is 11.1 Å². The minimum Gasteiger partial charge on any atom is -0.409 e. The third-order valence-corrected chi connectivity index (χ3v) is 3.44. The van der Waals surface area contributed by atoms with Gasteiger partial charge in [0, 0.05) is 17.8 Å². The van der Waals surface area contributed by atoms with E-state index in [-0.39, 0.29) is 16.3 Å². The largest absolute Gasteiger partial charge is 0.420 e. The van der Waals surface area contributed by atoms with E-state index >= 15 is 0 Å². The Hall–Kier alpha value is -2.28. The van der Waals surface area contributed by atoms with Gasteiger partial charge in [-0.05, 0) is 48.9 Å². The zero-order valence-electron chi connectivity index (χ0n) is 12.6. The number of ether oxygens (including phenoxy) is 1. The van der Waals surface area contributed by atoms with Crippen LogP contribution in [0.3, 0.4) is 0 Å². The molecule has 0 radical (unpaired) electrons. The molecule has 0 aliphatic carbocycles. The maximum Gasteiger partial charge on any atom is 0.420 e. The van der Waals surface area contributed by atoms with E-state index in [0.717, 1.165) is 17.0 Å². The van der Waals surface area contributed by atoms with Crippen molar-refractivity contribution in [3.8, 4) is 5.75 Å². The molecule has 0 aromatic heterocycles. The van der Waals surface area contributed by atoms with Gasteiger partial charge >= 0.3 is 12.3 Å². The average Bonchev–Trinajstić information content (AvgIpc) is 2.48. The number of hydrogen-bond acceptors (Lipinski definition) is 2. The lowest BCUT2D eigenvalue weighted by Gasteiger charge is -2.20. The molecule has 0 saturated heterocycles. The molecule has 0 N–H and O–H groups in total. The average molecular weight is 362 g/mol. The lowest BCUT2D eigenvalue weighted by atomic mass is 10.1. The van der Waals surface area contributed by atoms with Gasteiger partial charge in [0.1, 0.15) is 17.1 Å². The molecule has 0 aliphatic heterocycles. The number of amides is 1. The van der Waals surface area contributed by atoms with Crippen LogP contribution in [0.2, 0.25) is 5.02 Å². The second kappa shape index (κ2) is 6.68. The Morgan fingerprint density at radius 3 is 2.29 bits per heavy atom. The Labute approximate surface area is 140 Å². The van der Waals surface area contributed by atoms with Crippen LogP contribution < -0.4 is 9.64 Å². The summed E-state index contributed by atoms with van der Waals surface area (Å²) < 4.78 is 57.2. The van der Waals surface area contributed by atoms with Crippen LogP contribution in [-0.2, 0) is 6.18 Å². The molecule has 128 valence electrons. The summed E-state index contributed by atoms with van der Waals surface area (Å²) in [6, 6.07) is 6.79. The first-order chi connectivity index (χ1) is 11.1. The smallest absolute Gasteiger partial charge is 0.409 e. The summed E-state index contributed by atoms with van der Waals surface area (Å²) >= 11 is 5.65. The van der Waals surface area contributed by atoms with Gasteiger partial charge in [-0.2, -0.15) is 13.2 Å². The summed E-state index contributed by atoms with van der Waals surface area (Å²) in [5.74, 6) is -1.13. The third kappa shape index (κ3) is 3.97. The fourth-order valence-electron chi connectivity index (χ4n) is 2.00. The summed E-state index contributed by atoms with van der Waals surface area (Å²) in [5, 5.41) is -0.119. The molecule has 0 fully saturated rings. The zero-order chi connectivity index (χ0) is 18.1. The lowest BCUT2D eigenvalue weighted by Crippen LogP contribution is -2.30. The number of anilines is 1. The van der Waals surface area contributed by atoms with Crippen molar-refractivity contribution in [3.05, 3.63) is 58.4 Å². The van der Waals surface area contributed by atoms with Crippen molar-refractivity contribution in [2.75, 3.05) is 11.9 Å². The van der Waals surface area contributed by atoms with Crippen LogP contribution in [0.15, 0.2) is 36.4 Å². The molecule has 2 aromatic rings.